The molecule has 0 aliphatic heterocycles. The van der Waals surface area contributed by atoms with Crippen LogP contribution in [-0.2, 0) is 0 Å². The molecule has 2 fully saturated rings. The van der Waals surface area contributed by atoms with Gasteiger partial charge in [-0.3, -0.25) is 9.78 Å². The number of hydrogen-bond donors (Lipinski definition) is 2. The molecule has 3 N–H and O–H groups in total. The number of carbonyl (C=O) groups excluding carboxylic acids is 1. The van der Waals surface area contributed by atoms with Crippen LogP contribution in [0.15, 0.2) is 24.4 Å². The molecule has 0 amide bonds. The van der Waals surface area contributed by atoms with Crippen molar-refractivity contribution in [2.45, 2.75) is 50.6 Å². The molecule has 2 aliphatic rings. The van der Waals surface area contributed by atoms with Crippen molar-refractivity contribution in [3.05, 3.63) is 35.0 Å². The number of rotatable bonds is 4. The molecule has 126 valence electrons. The number of nitrogens with one attached hydrogen (secondary N) is 1. The monoisotopic (exact) mass is 343 g/mol. The van der Waals surface area contributed by atoms with Gasteiger partial charge in [0.1, 0.15) is 0 Å². The van der Waals surface area contributed by atoms with Crippen molar-refractivity contribution in [1.29, 1.82) is 0 Å². The summed E-state index contributed by atoms with van der Waals surface area (Å²) in [4.78, 5) is 17.2. The Morgan fingerprint density at radius 3 is 2.62 bits per heavy atom. The van der Waals surface area contributed by atoms with Gasteiger partial charge in [-0.25, -0.2) is 0 Å². The number of nitrogens with two attached hydrogens (primary N) is 1. The number of nitrogens with zero attached hydrogens (tertiary/aromatic N) is 1. The lowest BCUT2D eigenvalue weighted by Gasteiger charge is -2.29. The lowest BCUT2D eigenvalue weighted by molar-refractivity contribution is 0.0968. The van der Waals surface area contributed by atoms with Crippen LogP contribution in [-0.4, -0.2) is 22.9 Å². The van der Waals surface area contributed by atoms with Gasteiger partial charge in [-0.1, -0.05) is 11.6 Å². The Kier molecular flexibility index (Phi) is 4.19. The molecular formula is C19H22ClN3O. The van der Waals surface area contributed by atoms with E-state index in [0.29, 0.717) is 22.7 Å². The third-order valence-electron chi connectivity index (χ3n) is 5.16. The standard InChI is InChI=1S/C19H22ClN3O/c20-12-3-8-17-15(9-12)18(23-14-6-4-13(21)5-7-14)16(10-22-17)19(24)11-1-2-11/h3,8-11,13-14H,1-2,4-7,21H2,(H,22,23)/t13-,14-. The Hall–Kier alpha value is -1.65. The molecule has 2 saturated carbocycles. The molecule has 0 radical (unpaired) electrons. The smallest absolute Gasteiger partial charge is 0.169 e. The number of carbonyl (C=O) groups is 1. The summed E-state index contributed by atoms with van der Waals surface area (Å²) >= 11 is 6.20. The zero-order chi connectivity index (χ0) is 16.7. The van der Waals surface area contributed by atoms with E-state index in [1.165, 1.54) is 0 Å². The van der Waals surface area contributed by atoms with Crippen LogP contribution in [0.5, 0.6) is 0 Å². The van der Waals surface area contributed by atoms with E-state index in [-0.39, 0.29) is 11.7 Å². The molecule has 0 unspecified atom stereocenters. The summed E-state index contributed by atoms with van der Waals surface area (Å²) in [5, 5.41) is 5.22. The number of halogens is 1. The number of aromatic nitrogens is 1. The molecule has 0 atom stereocenters. The van der Waals surface area contributed by atoms with Gasteiger partial charge < -0.3 is 11.1 Å². The van der Waals surface area contributed by atoms with E-state index in [2.05, 4.69) is 10.3 Å². The molecule has 2 aromatic rings. The van der Waals surface area contributed by atoms with Crippen molar-refractivity contribution in [1.82, 2.24) is 4.98 Å². The van der Waals surface area contributed by atoms with Gasteiger partial charge in [-0.2, -0.15) is 0 Å². The first-order valence-corrected chi connectivity index (χ1v) is 9.14. The van der Waals surface area contributed by atoms with E-state index >= 15 is 0 Å². The number of anilines is 1. The molecule has 5 heteroatoms. The fourth-order valence-corrected chi connectivity index (χ4v) is 3.71. The minimum Gasteiger partial charge on any atom is -0.381 e. The van der Waals surface area contributed by atoms with Gasteiger partial charge in [0.25, 0.3) is 0 Å². The average molecular weight is 344 g/mol. The maximum absolute atomic E-state index is 12.7. The highest BCUT2D eigenvalue weighted by Gasteiger charge is 2.33. The molecule has 1 heterocycles. The Morgan fingerprint density at radius 2 is 1.92 bits per heavy atom. The third kappa shape index (κ3) is 3.13. The first kappa shape index (κ1) is 15.9. The van der Waals surface area contributed by atoms with Crippen LogP contribution in [0.25, 0.3) is 10.9 Å². The van der Waals surface area contributed by atoms with Crippen molar-refractivity contribution in [2.24, 2.45) is 11.7 Å². The van der Waals surface area contributed by atoms with Gasteiger partial charge in [0.15, 0.2) is 5.78 Å². The summed E-state index contributed by atoms with van der Waals surface area (Å²) in [5.74, 6) is 0.378. The highest BCUT2D eigenvalue weighted by atomic mass is 35.5. The first-order valence-electron chi connectivity index (χ1n) is 8.76. The summed E-state index contributed by atoms with van der Waals surface area (Å²) in [6, 6.07) is 6.30. The molecule has 0 spiro atoms. The second-order valence-electron chi connectivity index (χ2n) is 7.10. The van der Waals surface area contributed by atoms with Crippen molar-refractivity contribution in [3.8, 4) is 0 Å². The lowest BCUT2D eigenvalue weighted by atomic mass is 9.91. The molecule has 0 saturated heterocycles. The van der Waals surface area contributed by atoms with Crippen LogP contribution in [0.3, 0.4) is 0 Å². The summed E-state index contributed by atoms with van der Waals surface area (Å²) in [6.45, 7) is 0. The molecule has 4 rings (SSSR count). The van der Waals surface area contributed by atoms with Crippen LogP contribution in [0.1, 0.15) is 48.9 Å². The predicted octanol–water partition coefficient (Wildman–Crippen LogP) is 4.16. The largest absolute Gasteiger partial charge is 0.381 e. The minimum absolute atomic E-state index is 0.170. The molecular weight excluding hydrogens is 322 g/mol. The Morgan fingerprint density at radius 1 is 1.17 bits per heavy atom. The molecule has 24 heavy (non-hydrogen) atoms. The summed E-state index contributed by atoms with van der Waals surface area (Å²) in [6.07, 6.45) is 7.81. The molecule has 4 nitrogen and oxygen atoms in total. The highest BCUT2D eigenvalue weighted by Crippen LogP contribution is 2.38. The SMILES string of the molecule is N[C@H]1CC[C@H](Nc2c(C(=O)C3CC3)cnc3ccc(Cl)cc23)CC1. The number of Topliss-reactive ketones (excluding diaryl/α,β-unsaturated/α-hetero) is 1. The molecule has 2 aliphatic carbocycles. The second-order valence-corrected chi connectivity index (χ2v) is 7.54. The van der Waals surface area contributed by atoms with Crippen LogP contribution in [0.4, 0.5) is 5.69 Å². The Labute approximate surface area is 146 Å². The van der Waals surface area contributed by atoms with Crippen molar-refractivity contribution in [3.63, 3.8) is 0 Å². The first-order chi connectivity index (χ1) is 11.6. The highest BCUT2D eigenvalue weighted by molar-refractivity contribution is 6.31. The van der Waals surface area contributed by atoms with Gasteiger partial charge in [0, 0.05) is 34.6 Å². The fourth-order valence-electron chi connectivity index (χ4n) is 3.54. The maximum atomic E-state index is 12.7. The van der Waals surface area contributed by atoms with E-state index < -0.39 is 0 Å². The van der Waals surface area contributed by atoms with Crippen molar-refractivity contribution in [2.75, 3.05) is 5.32 Å². The predicted molar refractivity (Wildman–Crippen MR) is 97.7 cm³/mol. The summed E-state index contributed by atoms with van der Waals surface area (Å²) in [5.41, 5.74) is 8.49. The number of ketones is 1. The number of pyridine rings is 1. The second kappa shape index (κ2) is 6.34. The van der Waals surface area contributed by atoms with Gasteiger partial charge in [-0.05, 0) is 56.7 Å². The minimum atomic E-state index is 0.170. The summed E-state index contributed by atoms with van der Waals surface area (Å²) < 4.78 is 0. The molecule has 1 aromatic heterocycles. The Balaban J connectivity index is 1.75. The number of fused-ring (bicyclic) bond motifs is 1. The number of hydrogen-bond acceptors (Lipinski definition) is 4. The zero-order valence-electron chi connectivity index (χ0n) is 13.6. The molecule has 0 bridgehead atoms. The van der Waals surface area contributed by atoms with Crippen LogP contribution < -0.4 is 11.1 Å². The Bertz CT molecular complexity index is 780. The van der Waals surface area contributed by atoms with Crippen LogP contribution in [0, 0.1) is 5.92 Å². The summed E-state index contributed by atoms with van der Waals surface area (Å²) in [7, 11) is 0. The van der Waals surface area contributed by atoms with E-state index in [0.717, 1.165) is 55.1 Å². The molecule has 1 aromatic carbocycles. The quantitative estimate of drug-likeness (QED) is 0.818. The van der Waals surface area contributed by atoms with E-state index in [4.69, 9.17) is 17.3 Å². The fraction of sp³-hybridized carbons (Fsp3) is 0.474. The van der Waals surface area contributed by atoms with E-state index in [1.807, 2.05) is 18.2 Å². The average Bonchev–Trinajstić information content (AvgIpc) is 3.42. The van der Waals surface area contributed by atoms with Crippen molar-refractivity contribution >= 4 is 34.0 Å². The number of benzene rings is 1. The van der Waals surface area contributed by atoms with Gasteiger partial charge in [0.2, 0.25) is 0 Å². The zero-order valence-corrected chi connectivity index (χ0v) is 14.4. The van der Waals surface area contributed by atoms with E-state index in [1.54, 1.807) is 6.20 Å². The lowest BCUT2D eigenvalue weighted by Crippen LogP contribution is -2.33. The van der Waals surface area contributed by atoms with Gasteiger partial charge in [0.05, 0.1) is 16.8 Å². The van der Waals surface area contributed by atoms with E-state index in [9.17, 15) is 4.79 Å². The van der Waals surface area contributed by atoms with Gasteiger partial charge in [-0.15, -0.1) is 0 Å². The van der Waals surface area contributed by atoms with Crippen LogP contribution >= 0.6 is 11.6 Å². The van der Waals surface area contributed by atoms with Crippen molar-refractivity contribution < 1.29 is 4.79 Å². The normalized spacial score (nSPS) is 24.1. The van der Waals surface area contributed by atoms with Crippen LogP contribution in [0.2, 0.25) is 5.02 Å². The van der Waals surface area contributed by atoms with Gasteiger partial charge >= 0.3 is 0 Å². The maximum Gasteiger partial charge on any atom is 0.169 e. The topological polar surface area (TPSA) is 68.0 Å². The third-order valence-corrected chi connectivity index (χ3v) is 5.40.